The Labute approximate surface area is 109 Å². The summed E-state index contributed by atoms with van der Waals surface area (Å²) in [6, 6.07) is 0. The van der Waals surface area contributed by atoms with Gasteiger partial charge in [0.1, 0.15) is 0 Å². The number of nitrogens with zero attached hydrogens (tertiary/aromatic N) is 4. The van der Waals surface area contributed by atoms with Crippen LogP contribution in [0.4, 0.5) is 0 Å². The maximum Gasteiger partial charge on any atom is 0 e. The summed E-state index contributed by atoms with van der Waals surface area (Å²) in [6.45, 7) is 0. The predicted octanol–water partition coefficient (Wildman–Crippen LogP) is 0.0550. The first-order chi connectivity index (χ1) is 5.66. The van der Waals surface area contributed by atoms with Crippen LogP contribution in [0.5, 0.6) is 0 Å². The summed E-state index contributed by atoms with van der Waals surface area (Å²) in [7, 11) is 0. The maximum atomic E-state index is 7.13. The first-order valence-electron chi connectivity index (χ1n) is 1.71. The molecule has 0 N–H and O–H groups in total. The van der Waals surface area contributed by atoms with E-state index in [1.165, 1.54) is 21.6 Å². The average molecular weight is 291 g/mol. The minimum absolute atomic E-state index is 0. The SMILES string of the molecule is N#C[S-].N#C[S-].N#C[S-].N#C[S-].[Ni]. The molecular formula is C4N4NiS4-4. The van der Waals surface area contributed by atoms with Crippen LogP contribution in [0.1, 0.15) is 0 Å². The molecule has 4 nitrogen and oxygen atoms in total. The van der Waals surface area contributed by atoms with E-state index in [1.807, 2.05) is 0 Å². The molecule has 0 aromatic heterocycles. The number of rotatable bonds is 0. The number of hydrogen-bond acceptors (Lipinski definition) is 8. The molecule has 0 saturated carbocycles. The normalized spacial score (nSPS) is 2.15. The van der Waals surface area contributed by atoms with E-state index in [0.717, 1.165) is 0 Å². The third kappa shape index (κ3) is 2220. The van der Waals surface area contributed by atoms with Gasteiger partial charge in [0.25, 0.3) is 0 Å². The third-order valence-corrected chi connectivity index (χ3v) is 0. The van der Waals surface area contributed by atoms with Crippen molar-refractivity contribution < 1.29 is 16.5 Å². The fourth-order valence-corrected chi connectivity index (χ4v) is 0. The van der Waals surface area contributed by atoms with Gasteiger partial charge in [-0.2, -0.15) is 0 Å². The van der Waals surface area contributed by atoms with Crippen LogP contribution in [0.25, 0.3) is 0 Å². The molecule has 0 saturated heterocycles. The monoisotopic (exact) mass is 290 g/mol. The van der Waals surface area contributed by atoms with Gasteiger partial charge in [-0.1, -0.05) is 21.6 Å². The first-order valence-corrected chi connectivity index (χ1v) is 3.34. The van der Waals surface area contributed by atoms with Crippen molar-refractivity contribution in [3.05, 3.63) is 0 Å². The largest absolute Gasteiger partial charge is 0.696 e. The molecule has 13 heavy (non-hydrogen) atoms. The summed E-state index contributed by atoms with van der Waals surface area (Å²) in [5.74, 6) is 0. The van der Waals surface area contributed by atoms with Gasteiger partial charge in [-0.25, -0.2) is 21.0 Å². The molecule has 0 aliphatic carbocycles. The van der Waals surface area contributed by atoms with Crippen molar-refractivity contribution in [1.29, 1.82) is 21.0 Å². The molecule has 0 atom stereocenters. The molecule has 0 unspecified atom stereocenters. The Morgan fingerprint density at radius 3 is 0.538 bits per heavy atom. The minimum Gasteiger partial charge on any atom is -0.696 e. The molecule has 0 rings (SSSR count). The molecule has 0 heterocycles. The Morgan fingerprint density at radius 1 is 0.538 bits per heavy atom. The van der Waals surface area contributed by atoms with Gasteiger partial charge < -0.3 is 50.5 Å². The van der Waals surface area contributed by atoms with Gasteiger partial charge in [-0.05, 0) is 0 Å². The van der Waals surface area contributed by atoms with Gasteiger partial charge in [0.05, 0.1) is 0 Å². The molecule has 0 bridgehead atoms. The van der Waals surface area contributed by atoms with E-state index < -0.39 is 0 Å². The van der Waals surface area contributed by atoms with Gasteiger partial charge in [0.15, 0.2) is 0 Å². The van der Waals surface area contributed by atoms with Gasteiger partial charge in [-0.3, -0.25) is 0 Å². The van der Waals surface area contributed by atoms with Crippen molar-refractivity contribution in [2.45, 2.75) is 0 Å². The predicted molar refractivity (Wildman–Crippen MR) is 51.9 cm³/mol. The molecule has 0 aromatic rings. The van der Waals surface area contributed by atoms with Crippen molar-refractivity contribution in [1.82, 2.24) is 0 Å². The Kier molecular flexibility index (Phi) is 247. The fraction of sp³-hybridized carbons (Fsp3) is 0. The smallest absolute Gasteiger partial charge is 0 e. The maximum absolute atomic E-state index is 7.13. The molecular weight excluding hydrogens is 291 g/mol. The molecule has 0 aromatic carbocycles. The van der Waals surface area contributed by atoms with Crippen molar-refractivity contribution in [2.24, 2.45) is 0 Å². The van der Waals surface area contributed by atoms with Crippen molar-refractivity contribution >= 4 is 50.5 Å². The summed E-state index contributed by atoms with van der Waals surface area (Å²) in [5.41, 5.74) is 0. The molecule has 0 amide bonds. The van der Waals surface area contributed by atoms with Crippen molar-refractivity contribution in [3.63, 3.8) is 0 Å². The summed E-state index contributed by atoms with van der Waals surface area (Å²) in [6.07, 6.45) is 0. The Balaban J connectivity index is -0.0000000213. The van der Waals surface area contributed by atoms with Gasteiger partial charge in [0.2, 0.25) is 0 Å². The molecule has 0 aliphatic heterocycles. The number of nitriles is 4. The van der Waals surface area contributed by atoms with E-state index in [2.05, 4.69) is 50.5 Å². The Hall–Kier alpha value is -0.666. The van der Waals surface area contributed by atoms with Crippen LogP contribution in [-0.4, -0.2) is 0 Å². The van der Waals surface area contributed by atoms with Crippen LogP contribution in [0.2, 0.25) is 0 Å². The van der Waals surface area contributed by atoms with Gasteiger partial charge in [0, 0.05) is 16.5 Å². The molecule has 74 valence electrons. The molecule has 0 radical (unpaired) electrons. The van der Waals surface area contributed by atoms with Gasteiger partial charge in [-0.15, -0.1) is 0 Å². The summed E-state index contributed by atoms with van der Waals surface area (Å²) < 4.78 is 0. The van der Waals surface area contributed by atoms with E-state index in [9.17, 15) is 0 Å². The fourth-order valence-electron chi connectivity index (χ4n) is 0. The summed E-state index contributed by atoms with van der Waals surface area (Å²) >= 11 is 14.8. The van der Waals surface area contributed by atoms with Crippen LogP contribution < -0.4 is 0 Å². The second-order valence-corrected chi connectivity index (χ2v) is 1.10. The second kappa shape index (κ2) is 109. The minimum atomic E-state index is 0. The number of thiocyanates is 4. The Bertz CT molecular complexity index is 158. The van der Waals surface area contributed by atoms with Crippen LogP contribution in [0, 0.1) is 42.7 Å². The topological polar surface area (TPSA) is 95.2 Å². The van der Waals surface area contributed by atoms with Gasteiger partial charge >= 0.3 is 0 Å². The zero-order valence-corrected chi connectivity index (χ0v) is 9.99. The summed E-state index contributed by atoms with van der Waals surface area (Å²) in [4.78, 5) is 0. The van der Waals surface area contributed by atoms with Crippen LogP contribution in [0.3, 0.4) is 0 Å². The van der Waals surface area contributed by atoms with Crippen molar-refractivity contribution in [2.75, 3.05) is 0 Å². The van der Waals surface area contributed by atoms with Crippen LogP contribution in [-0.2, 0) is 67.0 Å². The number of hydrogen-bond donors (Lipinski definition) is 0. The van der Waals surface area contributed by atoms with E-state index in [-0.39, 0.29) is 16.5 Å². The van der Waals surface area contributed by atoms with Crippen LogP contribution >= 0.6 is 0 Å². The molecule has 0 aliphatic rings. The quantitative estimate of drug-likeness (QED) is 0.351. The average Bonchev–Trinajstić information content (AvgIpc) is 1.92. The second-order valence-electron chi connectivity index (χ2n) is 0.365. The van der Waals surface area contributed by atoms with Crippen LogP contribution in [0.15, 0.2) is 0 Å². The van der Waals surface area contributed by atoms with E-state index in [0.29, 0.717) is 0 Å². The van der Waals surface area contributed by atoms with E-state index >= 15 is 0 Å². The van der Waals surface area contributed by atoms with Crippen molar-refractivity contribution in [3.8, 4) is 21.6 Å². The molecule has 0 spiro atoms. The zero-order chi connectivity index (χ0) is 10.8. The summed E-state index contributed by atoms with van der Waals surface area (Å²) in [5, 5.41) is 33.9. The first kappa shape index (κ1) is 29.5. The third-order valence-electron chi connectivity index (χ3n) is 0. The Morgan fingerprint density at radius 2 is 0.538 bits per heavy atom. The van der Waals surface area contributed by atoms with E-state index in [4.69, 9.17) is 21.0 Å². The standard InChI is InChI=1S/4CHNS.Ni/c4*2-1-3;/h4*3H;/p-4. The molecule has 9 heteroatoms. The zero-order valence-electron chi connectivity index (χ0n) is 5.74. The molecule has 0 fully saturated rings. The van der Waals surface area contributed by atoms with E-state index in [1.54, 1.807) is 0 Å².